The molecule has 2 aromatic rings. The van der Waals surface area contributed by atoms with E-state index in [1.807, 2.05) is 31.2 Å². The first kappa shape index (κ1) is 11.8. The van der Waals surface area contributed by atoms with Crippen LogP contribution in [-0.4, -0.2) is 17.6 Å². The Bertz CT molecular complexity index is 562. The second kappa shape index (κ2) is 5.12. The first-order valence-electron chi connectivity index (χ1n) is 5.75. The molecular formula is C13H17N3O. The van der Waals surface area contributed by atoms with Crippen LogP contribution in [0.5, 0.6) is 0 Å². The van der Waals surface area contributed by atoms with Gasteiger partial charge in [0.2, 0.25) is 5.56 Å². The third kappa shape index (κ3) is 2.72. The van der Waals surface area contributed by atoms with Crippen LogP contribution in [-0.2, 0) is 6.54 Å². The van der Waals surface area contributed by atoms with E-state index in [0.717, 1.165) is 16.5 Å². The van der Waals surface area contributed by atoms with E-state index in [1.165, 1.54) is 0 Å². The molecule has 0 unspecified atom stereocenters. The van der Waals surface area contributed by atoms with Crippen molar-refractivity contribution in [2.45, 2.75) is 19.5 Å². The van der Waals surface area contributed by atoms with Gasteiger partial charge in [-0.05, 0) is 18.6 Å². The van der Waals surface area contributed by atoms with E-state index in [1.54, 1.807) is 6.07 Å². The Hall–Kier alpha value is -1.65. The van der Waals surface area contributed by atoms with Gasteiger partial charge >= 0.3 is 0 Å². The number of rotatable bonds is 4. The van der Waals surface area contributed by atoms with Crippen LogP contribution in [0, 0.1) is 0 Å². The Labute approximate surface area is 99.8 Å². The summed E-state index contributed by atoms with van der Waals surface area (Å²) >= 11 is 0. The number of aromatic nitrogens is 1. The van der Waals surface area contributed by atoms with Gasteiger partial charge in [-0.15, -0.1) is 0 Å². The molecule has 2 rings (SSSR count). The van der Waals surface area contributed by atoms with Crippen LogP contribution in [0.4, 0.5) is 0 Å². The normalized spacial score (nSPS) is 12.8. The molecule has 0 radical (unpaired) electrons. The lowest BCUT2D eigenvalue weighted by Gasteiger charge is -2.12. The maximum Gasteiger partial charge on any atom is 0.248 e. The third-order valence-electron chi connectivity index (χ3n) is 2.83. The van der Waals surface area contributed by atoms with Crippen LogP contribution in [0.15, 0.2) is 35.1 Å². The zero-order chi connectivity index (χ0) is 12.3. The first-order valence-corrected chi connectivity index (χ1v) is 5.75. The van der Waals surface area contributed by atoms with Gasteiger partial charge in [-0.1, -0.05) is 18.2 Å². The lowest BCUT2D eigenvalue weighted by atomic mass is 10.1. The fourth-order valence-corrected chi connectivity index (χ4v) is 1.79. The largest absolute Gasteiger partial charge is 0.329 e. The second-order valence-corrected chi connectivity index (χ2v) is 4.22. The van der Waals surface area contributed by atoms with E-state index in [-0.39, 0.29) is 11.6 Å². The molecule has 1 heterocycles. The fourth-order valence-electron chi connectivity index (χ4n) is 1.79. The van der Waals surface area contributed by atoms with E-state index in [9.17, 15) is 4.79 Å². The smallest absolute Gasteiger partial charge is 0.248 e. The standard InChI is InChI=1S/C13H17N3O/c1-9(7-14)15-8-10-6-13(17)16-12-5-3-2-4-11(10)12/h2-6,9,15H,7-8,14H2,1H3,(H,16,17)/t9-/m0/s1. The number of aromatic amines is 1. The van der Waals surface area contributed by atoms with E-state index in [2.05, 4.69) is 10.3 Å². The number of hydrogen-bond donors (Lipinski definition) is 3. The summed E-state index contributed by atoms with van der Waals surface area (Å²) in [6.45, 7) is 3.26. The van der Waals surface area contributed by atoms with E-state index in [4.69, 9.17) is 5.73 Å². The van der Waals surface area contributed by atoms with Gasteiger partial charge in [0.15, 0.2) is 0 Å². The van der Waals surface area contributed by atoms with E-state index in [0.29, 0.717) is 13.1 Å². The Kier molecular flexibility index (Phi) is 3.56. The average molecular weight is 231 g/mol. The lowest BCUT2D eigenvalue weighted by molar-refractivity contribution is 0.557. The molecule has 0 saturated carbocycles. The fraction of sp³-hybridized carbons (Fsp3) is 0.308. The van der Waals surface area contributed by atoms with Crippen molar-refractivity contribution in [1.82, 2.24) is 10.3 Å². The van der Waals surface area contributed by atoms with Gasteiger partial charge in [0.25, 0.3) is 0 Å². The Morgan fingerprint density at radius 3 is 2.94 bits per heavy atom. The van der Waals surface area contributed by atoms with Crippen LogP contribution in [0.2, 0.25) is 0 Å². The molecule has 90 valence electrons. The molecule has 0 aliphatic heterocycles. The minimum absolute atomic E-state index is 0.0686. The molecule has 4 N–H and O–H groups in total. The zero-order valence-electron chi connectivity index (χ0n) is 9.86. The van der Waals surface area contributed by atoms with Crippen molar-refractivity contribution in [3.8, 4) is 0 Å². The SMILES string of the molecule is C[C@@H](CN)NCc1cc(=O)[nH]c2ccccc12. The number of nitrogens with one attached hydrogen (secondary N) is 2. The molecule has 0 aliphatic carbocycles. The zero-order valence-corrected chi connectivity index (χ0v) is 9.86. The predicted molar refractivity (Wildman–Crippen MR) is 69.9 cm³/mol. The molecule has 0 bridgehead atoms. The quantitative estimate of drug-likeness (QED) is 0.734. The first-order chi connectivity index (χ1) is 8.20. The number of H-pyrrole nitrogens is 1. The highest BCUT2D eigenvalue weighted by Crippen LogP contribution is 2.14. The highest BCUT2D eigenvalue weighted by Gasteiger charge is 2.04. The van der Waals surface area contributed by atoms with Crippen molar-refractivity contribution < 1.29 is 0 Å². The van der Waals surface area contributed by atoms with Crippen molar-refractivity contribution in [2.75, 3.05) is 6.54 Å². The summed E-state index contributed by atoms with van der Waals surface area (Å²) < 4.78 is 0. The maximum atomic E-state index is 11.5. The Balaban J connectivity index is 2.35. The molecule has 0 aliphatic rings. The van der Waals surface area contributed by atoms with Gasteiger partial charge in [0, 0.05) is 36.1 Å². The minimum Gasteiger partial charge on any atom is -0.329 e. The summed E-state index contributed by atoms with van der Waals surface area (Å²) in [5.74, 6) is 0. The van der Waals surface area contributed by atoms with Gasteiger partial charge in [0.05, 0.1) is 0 Å². The summed E-state index contributed by atoms with van der Waals surface area (Å²) in [6.07, 6.45) is 0. The van der Waals surface area contributed by atoms with Crippen molar-refractivity contribution >= 4 is 10.9 Å². The molecule has 0 spiro atoms. The second-order valence-electron chi connectivity index (χ2n) is 4.22. The molecule has 0 saturated heterocycles. The molecule has 4 heteroatoms. The van der Waals surface area contributed by atoms with Crippen LogP contribution < -0.4 is 16.6 Å². The van der Waals surface area contributed by atoms with Gasteiger partial charge in [-0.25, -0.2) is 0 Å². The van der Waals surface area contributed by atoms with Crippen molar-refractivity contribution in [1.29, 1.82) is 0 Å². The number of benzene rings is 1. The van der Waals surface area contributed by atoms with Crippen molar-refractivity contribution in [3.05, 3.63) is 46.2 Å². The summed E-state index contributed by atoms with van der Waals surface area (Å²) in [4.78, 5) is 14.3. The third-order valence-corrected chi connectivity index (χ3v) is 2.83. The van der Waals surface area contributed by atoms with Crippen LogP contribution in [0.1, 0.15) is 12.5 Å². The molecule has 4 nitrogen and oxygen atoms in total. The number of pyridine rings is 1. The van der Waals surface area contributed by atoms with Crippen molar-refractivity contribution in [2.24, 2.45) is 5.73 Å². The number of nitrogens with two attached hydrogens (primary N) is 1. The number of hydrogen-bond acceptors (Lipinski definition) is 3. The van der Waals surface area contributed by atoms with Gasteiger partial charge in [-0.2, -0.15) is 0 Å². The molecule has 1 aromatic heterocycles. The van der Waals surface area contributed by atoms with Crippen LogP contribution in [0.25, 0.3) is 10.9 Å². The molecular weight excluding hydrogens is 214 g/mol. The van der Waals surface area contributed by atoms with Crippen LogP contribution >= 0.6 is 0 Å². The van der Waals surface area contributed by atoms with Crippen molar-refractivity contribution in [3.63, 3.8) is 0 Å². The molecule has 17 heavy (non-hydrogen) atoms. The Morgan fingerprint density at radius 2 is 2.18 bits per heavy atom. The van der Waals surface area contributed by atoms with Crippen LogP contribution in [0.3, 0.4) is 0 Å². The molecule has 0 amide bonds. The molecule has 0 fully saturated rings. The highest BCUT2D eigenvalue weighted by atomic mass is 16.1. The maximum absolute atomic E-state index is 11.5. The van der Waals surface area contributed by atoms with Gasteiger partial charge in [-0.3, -0.25) is 4.79 Å². The van der Waals surface area contributed by atoms with E-state index >= 15 is 0 Å². The average Bonchev–Trinajstić information content (AvgIpc) is 2.35. The van der Waals surface area contributed by atoms with Gasteiger partial charge < -0.3 is 16.0 Å². The summed E-state index contributed by atoms with van der Waals surface area (Å²) in [6, 6.07) is 9.68. The van der Waals surface area contributed by atoms with Gasteiger partial charge in [0.1, 0.15) is 0 Å². The minimum atomic E-state index is -0.0686. The Morgan fingerprint density at radius 1 is 1.41 bits per heavy atom. The lowest BCUT2D eigenvalue weighted by Crippen LogP contribution is -2.32. The summed E-state index contributed by atoms with van der Waals surface area (Å²) in [7, 11) is 0. The monoisotopic (exact) mass is 231 g/mol. The number of para-hydroxylation sites is 1. The summed E-state index contributed by atoms with van der Waals surface area (Å²) in [5.41, 5.74) is 7.36. The molecule has 1 atom stereocenters. The topological polar surface area (TPSA) is 70.9 Å². The highest BCUT2D eigenvalue weighted by molar-refractivity contribution is 5.81. The summed E-state index contributed by atoms with van der Waals surface area (Å²) in [5, 5.41) is 4.36. The van der Waals surface area contributed by atoms with E-state index < -0.39 is 0 Å². The number of fused-ring (bicyclic) bond motifs is 1. The predicted octanol–water partition coefficient (Wildman–Crippen LogP) is 0.965. The molecule has 1 aromatic carbocycles.